The summed E-state index contributed by atoms with van der Waals surface area (Å²) in [6.07, 6.45) is 0.123. The van der Waals surface area contributed by atoms with Crippen molar-refractivity contribution in [1.82, 2.24) is 9.97 Å². The van der Waals surface area contributed by atoms with E-state index in [0.717, 1.165) is 4.47 Å². The van der Waals surface area contributed by atoms with Gasteiger partial charge in [0.25, 0.3) is 5.92 Å². The summed E-state index contributed by atoms with van der Waals surface area (Å²) in [6, 6.07) is 0. The Morgan fingerprint density at radius 3 is 2.59 bits per heavy atom. The third-order valence-corrected chi connectivity index (χ3v) is 2.95. The molecule has 0 amide bonds. The van der Waals surface area contributed by atoms with E-state index in [4.69, 9.17) is 4.74 Å². The number of ether oxygens (including phenoxy) is 1. The third-order valence-electron chi connectivity index (χ3n) is 2.54. The molecule has 4 nitrogen and oxygen atoms in total. The van der Waals surface area contributed by atoms with E-state index < -0.39 is 31.0 Å². The number of aliphatic hydroxyl groups excluding tert-OH is 1. The largest absolute Gasteiger partial charge is 0.390 e. The number of rotatable bonds is 3. The summed E-state index contributed by atoms with van der Waals surface area (Å²) in [5.41, 5.74) is 0. The summed E-state index contributed by atoms with van der Waals surface area (Å²) in [5.74, 6) is -2.44. The maximum Gasteiger partial charge on any atom is 0.253 e. The predicted octanol–water partition coefficient (Wildman–Crippen LogP) is 1.91. The topological polar surface area (TPSA) is 55.2 Å². The van der Waals surface area contributed by atoms with Gasteiger partial charge in [0, 0.05) is 25.2 Å². The standard InChI is InChI=1S/C10H11BrF2N2O2/c11-6-3-14-9(15-4-6)5-17-8-2-10(12,13)1-7(8)16/h3-4,7-8,16H,1-2,5H2/t7-,8?/m0/s1. The molecule has 0 aromatic carbocycles. The fourth-order valence-corrected chi connectivity index (χ4v) is 1.92. The van der Waals surface area contributed by atoms with Gasteiger partial charge in [-0.2, -0.15) is 0 Å². The summed E-state index contributed by atoms with van der Waals surface area (Å²) in [7, 11) is 0. The number of hydrogen-bond donors (Lipinski definition) is 1. The number of hydrogen-bond acceptors (Lipinski definition) is 4. The van der Waals surface area contributed by atoms with Crippen molar-refractivity contribution in [2.24, 2.45) is 0 Å². The van der Waals surface area contributed by atoms with Crippen LogP contribution in [-0.4, -0.2) is 33.2 Å². The molecule has 1 aromatic rings. The van der Waals surface area contributed by atoms with Crippen LogP contribution in [0, 0.1) is 0 Å². The summed E-state index contributed by atoms with van der Waals surface area (Å²) >= 11 is 3.18. The molecular weight excluding hydrogens is 298 g/mol. The second-order valence-electron chi connectivity index (χ2n) is 4.00. The number of aliphatic hydroxyl groups is 1. The molecule has 0 radical (unpaired) electrons. The van der Waals surface area contributed by atoms with Crippen LogP contribution in [0.25, 0.3) is 0 Å². The van der Waals surface area contributed by atoms with Crippen molar-refractivity contribution in [2.45, 2.75) is 37.6 Å². The van der Waals surface area contributed by atoms with E-state index in [1.54, 1.807) is 12.4 Å². The lowest BCUT2D eigenvalue weighted by Gasteiger charge is -2.14. The molecule has 1 fully saturated rings. The minimum absolute atomic E-state index is 0.0189. The zero-order chi connectivity index (χ0) is 12.5. The van der Waals surface area contributed by atoms with Gasteiger partial charge in [0.1, 0.15) is 6.61 Å². The molecule has 1 saturated carbocycles. The molecule has 17 heavy (non-hydrogen) atoms. The average Bonchev–Trinajstić information content (AvgIpc) is 2.51. The number of halogens is 3. The lowest BCUT2D eigenvalue weighted by atomic mass is 10.3. The van der Waals surface area contributed by atoms with Crippen molar-refractivity contribution in [2.75, 3.05) is 0 Å². The maximum absolute atomic E-state index is 12.9. The molecule has 1 N–H and O–H groups in total. The normalized spacial score (nSPS) is 27.3. The SMILES string of the molecule is O[C@H]1CC(F)(F)CC1OCc1ncc(Br)cn1. The van der Waals surface area contributed by atoms with Crippen molar-refractivity contribution < 1.29 is 18.6 Å². The molecule has 2 atom stereocenters. The number of alkyl halides is 2. The minimum atomic E-state index is -2.84. The molecule has 1 heterocycles. The van der Waals surface area contributed by atoms with E-state index in [0.29, 0.717) is 5.82 Å². The summed E-state index contributed by atoms with van der Waals surface area (Å²) in [4.78, 5) is 7.90. The molecule has 0 aliphatic heterocycles. The molecule has 7 heteroatoms. The van der Waals surface area contributed by atoms with Gasteiger partial charge in [-0.05, 0) is 15.9 Å². The smallest absolute Gasteiger partial charge is 0.253 e. The summed E-state index contributed by atoms with van der Waals surface area (Å²) in [6.45, 7) is 0.0189. The summed E-state index contributed by atoms with van der Waals surface area (Å²) in [5, 5.41) is 9.39. The van der Waals surface area contributed by atoms with Crippen LogP contribution < -0.4 is 0 Å². The zero-order valence-corrected chi connectivity index (χ0v) is 10.4. The lowest BCUT2D eigenvalue weighted by Crippen LogP contribution is -2.22. The third kappa shape index (κ3) is 3.40. The van der Waals surface area contributed by atoms with E-state index in [2.05, 4.69) is 25.9 Å². The fraction of sp³-hybridized carbons (Fsp3) is 0.600. The Morgan fingerprint density at radius 1 is 1.41 bits per heavy atom. The Labute approximate surface area is 105 Å². The predicted molar refractivity (Wildman–Crippen MR) is 58.5 cm³/mol. The maximum atomic E-state index is 12.9. The van der Waals surface area contributed by atoms with E-state index in [1.807, 2.05) is 0 Å². The second kappa shape index (κ2) is 4.91. The van der Waals surface area contributed by atoms with E-state index in [-0.39, 0.29) is 6.61 Å². The molecule has 1 unspecified atom stereocenters. The highest BCUT2D eigenvalue weighted by atomic mass is 79.9. The van der Waals surface area contributed by atoms with Crippen LogP contribution in [0.1, 0.15) is 18.7 Å². The van der Waals surface area contributed by atoms with Gasteiger partial charge in [0.05, 0.1) is 16.7 Å². The van der Waals surface area contributed by atoms with Crippen molar-refractivity contribution in [1.29, 1.82) is 0 Å². The van der Waals surface area contributed by atoms with E-state index in [9.17, 15) is 13.9 Å². The Balaban J connectivity index is 1.88. The van der Waals surface area contributed by atoms with Crippen LogP contribution in [0.2, 0.25) is 0 Å². The zero-order valence-electron chi connectivity index (χ0n) is 8.81. The van der Waals surface area contributed by atoms with Gasteiger partial charge in [0.2, 0.25) is 0 Å². The van der Waals surface area contributed by atoms with Gasteiger partial charge in [0.15, 0.2) is 5.82 Å². The highest BCUT2D eigenvalue weighted by molar-refractivity contribution is 9.10. The first-order valence-corrected chi connectivity index (χ1v) is 5.89. The van der Waals surface area contributed by atoms with Gasteiger partial charge in [-0.15, -0.1) is 0 Å². The monoisotopic (exact) mass is 308 g/mol. The van der Waals surface area contributed by atoms with Gasteiger partial charge in [-0.25, -0.2) is 18.7 Å². The molecule has 0 spiro atoms. The Morgan fingerprint density at radius 2 is 2.06 bits per heavy atom. The molecule has 2 rings (SSSR count). The Hall–Kier alpha value is -0.660. The molecule has 1 aliphatic carbocycles. The van der Waals surface area contributed by atoms with Crippen LogP contribution in [0.15, 0.2) is 16.9 Å². The van der Waals surface area contributed by atoms with Crippen molar-refractivity contribution in [3.8, 4) is 0 Å². The second-order valence-corrected chi connectivity index (χ2v) is 4.91. The molecule has 1 aliphatic rings. The van der Waals surface area contributed by atoms with Crippen LogP contribution in [0.3, 0.4) is 0 Å². The average molecular weight is 309 g/mol. The number of aromatic nitrogens is 2. The first-order valence-electron chi connectivity index (χ1n) is 5.10. The summed E-state index contributed by atoms with van der Waals surface area (Å²) < 4.78 is 31.8. The Bertz CT molecular complexity index is 388. The number of nitrogens with zero attached hydrogens (tertiary/aromatic N) is 2. The quantitative estimate of drug-likeness (QED) is 0.927. The first kappa shape index (κ1) is 12.8. The lowest BCUT2D eigenvalue weighted by molar-refractivity contribution is -0.0367. The van der Waals surface area contributed by atoms with Gasteiger partial charge >= 0.3 is 0 Å². The molecule has 1 aromatic heterocycles. The molecule has 0 saturated heterocycles. The highest BCUT2D eigenvalue weighted by Gasteiger charge is 2.46. The van der Waals surface area contributed by atoms with Crippen LogP contribution >= 0.6 is 15.9 Å². The van der Waals surface area contributed by atoms with Crippen LogP contribution in [0.5, 0.6) is 0 Å². The first-order chi connectivity index (χ1) is 7.96. The highest BCUT2D eigenvalue weighted by Crippen LogP contribution is 2.36. The Kier molecular flexibility index (Phi) is 3.70. The van der Waals surface area contributed by atoms with Crippen LogP contribution in [-0.2, 0) is 11.3 Å². The van der Waals surface area contributed by atoms with Crippen LogP contribution in [0.4, 0.5) is 8.78 Å². The molecular formula is C10H11BrF2N2O2. The van der Waals surface area contributed by atoms with E-state index in [1.165, 1.54) is 0 Å². The van der Waals surface area contributed by atoms with E-state index >= 15 is 0 Å². The fourth-order valence-electron chi connectivity index (χ4n) is 1.72. The van der Waals surface area contributed by atoms with Gasteiger partial charge < -0.3 is 9.84 Å². The van der Waals surface area contributed by atoms with Crippen molar-refractivity contribution in [3.63, 3.8) is 0 Å². The van der Waals surface area contributed by atoms with Crippen molar-refractivity contribution >= 4 is 15.9 Å². The minimum Gasteiger partial charge on any atom is -0.390 e. The van der Waals surface area contributed by atoms with Crippen molar-refractivity contribution in [3.05, 3.63) is 22.7 Å². The molecule has 94 valence electrons. The van der Waals surface area contributed by atoms with Gasteiger partial charge in [-0.3, -0.25) is 0 Å². The van der Waals surface area contributed by atoms with Gasteiger partial charge in [-0.1, -0.05) is 0 Å². The molecule has 0 bridgehead atoms.